The van der Waals surface area contributed by atoms with Crippen molar-refractivity contribution in [3.05, 3.63) is 73.8 Å². The summed E-state index contributed by atoms with van der Waals surface area (Å²) in [5.41, 5.74) is -0.891. The quantitative estimate of drug-likeness (QED) is 0.410. The Morgan fingerprint density at radius 1 is 1.06 bits per heavy atom. The van der Waals surface area contributed by atoms with Gasteiger partial charge in [0.05, 0.1) is 16.4 Å². The first-order valence-corrected chi connectivity index (χ1v) is 10.6. The molecule has 0 radical (unpaired) electrons. The Labute approximate surface area is 193 Å². The first kappa shape index (κ1) is 24.9. The topological polar surface area (TPSA) is 110 Å². The number of rotatable bonds is 7. The van der Waals surface area contributed by atoms with E-state index in [9.17, 15) is 38.2 Å². The molecule has 0 aliphatic carbocycles. The van der Waals surface area contributed by atoms with Crippen molar-refractivity contribution in [1.29, 1.82) is 0 Å². The number of para-hydroxylation sites is 1. The van der Waals surface area contributed by atoms with E-state index in [4.69, 9.17) is 0 Å². The van der Waals surface area contributed by atoms with E-state index in [-0.39, 0.29) is 16.8 Å². The molecule has 0 saturated carbocycles. The monoisotopic (exact) mass is 480 g/mol. The molecule has 1 saturated heterocycles. The van der Waals surface area contributed by atoms with Crippen molar-refractivity contribution < 1.29 is 27.8 Å². The number of hydrogen-bond acceptors (Lipinski definition) is 6. The highest BCUT2D eigenvalue weighted by molar-refractivity contribution is 5.96. The number of benzene rings is 2. The molecular weight excluding hydrogens is 457 g/mol. The zero-order valence-corrected chi connectivity index (χ0v) is 18.3. The molecule has 34 heavy (non-hydrogen) atoms. The van der Waals surface area contributed by atoms with E-state index in [0.717, 1.165) is 25.0 Å². The van der Waals surface area contributed by atoms with Crippen molar-refractivity contribution in [3.63, 3.8) is 0 Å². The standard InChI is InChI=1S/C22H23F3N4O5/c1-15-8-10-26(11-9-15)19-7-6-16(12-20(19)29(33)34)21(30)27(14-22(23,24)25)13-17-4-2-3-5-18(17)28(31)32/h2-7,12,15H,8-11,13-14H2,1H3. The van der Waals surface area contributed by atoms with E-state index in [1.165, 1.54) is 30.3 Å². The predicted octanol–water partition coefficient (Wildman–Crippen LogP) is 4.94. The Kier molecular flexibility index (Phi) is 7.38. The molecular formula is C22H23F3N4O5. The van der Waals surface area contributed by atoms with E-state index in [2.05, 4.69) is 6.92 Å². The molecule has 1 fully saturated rings. The summed E-state index contributed by atoms with van der Waals surface area (Å²) in [5.74, 6) is -0.633. The van der Waals surface area contributed by atoms with Crippen LogP contribution in [-0.4, -0.2) is 46.5 Å². The first-order chi connectivity index (χ1) is 16.0. The second-order valence-electron chi connectivity index (χ2n) is 8.29. The Balaban J connectivity index is 1.95. The summed E-state index contributed by atoms with van der Waals surface area (Å²) in [6, 6.07) is 8.77. The number of nitro groups is 2. The summed E-state index contributed by atoms with van der Waals surface area (Å²) < 4.78 is 39.7. The highest BCUT2D eigenvalue weighted by atomic mass is 19.4. The number of piperidine rings is 1. The number of nitro benzene ring substituents is 2. The van der Waals surface area contributed by atoms with Gasteiger partial charge in [0.2, 0.25) is 0 Å². The van der Waals surface area contributed by atoms with Crippen LogP contribution in [0.4, 0.5) is 30.2 Å². The molecule has 9 nitrogen and oxygen atoms in total. The average molecular weight is 480 g/mol. The van der Waals surface area contributed by atoms with Crippen LogP contribution in [0.25, 0.3) is 0 Å². The third-order valence-electron chi connectivity index (χ3n) is 5.75. The van der Waals surface area contributed by atoms with Gasteiger partial charge in [-0.3, -0.25) is 25.0 Å². The number of carbonyl (C=O) groups is 1. The lowest BCUT2D eigenvalue weighted by Crippen LogP contribution is -2.38. The van der Waals surface area contributed by atoms with Crippen molar-refractivity contribution in [2.75, 3.05) is 24.5 Å². The number of anilines is 1. The van der Waals surface area contributed by atoms with Crippen LogP contribution in [0.3, 0.4) is 0 Å². The van der Waals surface area contributed by atoms with E-state index < -0.39 is 40.7 Å². The van der Waals surface area contributed by atoms with Crippen molar-refractivity contribution in [1.82, 2.24) is 4.90 Å². The lowest BCUT2D eigenvalue weighted by Gasteiger charge is -2.32. The van der Waals surface area contributed by atoms with E-state index in [0.29, 0.717) is 29.6 Å². The smallest absolute Gasteiger partial charge is 0.366 e. The summed E-state index contributed by atoms with van der Waals surface area (Å²) >= 11 is 0. The van der Waals surface area contributed by atoms with Crippen LogP contribution in [0.15, 0.2) is 42.5 Å². The molecule has 2 aromatic carbocycles. The van der Waals surface area contributed by atoms with Gasteiger partial charge in [-0.25, -0.2) is 0 Å². The Bertz CT molecular complexity index is 1080. The fraction of sp³-hybridized carbons (Fsp3) is 0.409. The molecule has 0 aromatic heterocycles. The summed E-state index contributed by atoms with van der Waals surface area (Å²) in [4.78, 5) is 36.8. The highest BCUT2D eigenvalue weighted by Gasteiger charge is 2.35. The lowest BCUT2D eigenvalue weighted by molar-refractivity contribution is -0.385. The van der Waals surface area contributed by atoms with Crippen LogP contribution in [0, 0.1) is 26.1 Å². The maximum absolute atomic E-state index is 13.2. The highest BCUT2D eigenvalue weighted by Crippen LogP contribution is 2.33. The molecule has 2 aromatic rings. The third kappa shape index (κ3) is 6.00. The van der Waals surface area contributed by atoms with Crippen molar-refractivity contribution >= 4 is 23.0 Å². The Morgan fingerprint density at radius 3 is 2.26 bits per heavy atom. The molecule has 1 aliphatic heterocycles. The average Bonchev–Trinajstić information content (AvgIpc) is 2.77. The van der Waals surface area contributed by atoms with Crippen LogP contribution < -0.4 is 4.90 Å². The van der Waals surface area contributed by atoms with Crippen LogP contribution in [0.5, 0.6) is 0 Å². The van der Waals surface area contributed by atoms with E-state index in [1.807, 2.05) is 4.90 Å². The lowest BCUT2D eigenvalue weighted by atomic mass is 9.98. The third-order valence-corrected chi connectivity index (χ3v) is 5.75. The summed E-state index contributed by atoms with van der Waals surface area (Å²) in [6.45, 7) is 0.909. The fourth-order valence-electron chi connectivity index (χ4n) is 3.95. The number of nitrogens with zero attached hydrogens (tertiary/aromatic N) is 4. The molecule has 0 unspecified atom stereocenters. The molecule has 1 amide bonds. The van der Waals surface area contributed by atoms with Gasteiger partial charge in [-0.1, -0.05) is 25.1 Å². The summed E-state index contributed by atoms with van der Waals surface area (Å²) in [5, 5.41) is 23.0. The molecule has 0 N–H and O–H groups in total. The molecule has 0 atom stereocenters. The second kappa shape index (κ2) is 10.1. The van der Waals surface area contributed by atoms with Gasteiger partial charge in [0.25, 0.3) is 17.3 Å². The van der Waals surface area contributed by atoms with Gasteiger partial charge in [0.15, 0.2) is 0 Å². The molecule has 0 spiro atoms. The van der Waals surface area contributed by atoms with Crippen molar-refractivity contribution in [2.45, 2.75) is 32.5 Å². The van der Waals surface area contributed by atoms with Crippen LogP contribution in [0.1, 0.15) is 35.7 Å². The Morgan fingerprint density at radius 2 is 1.68 bits per heavy atom. The van der Waals surface area contributed by atoms with Crippen LogP contribution >= 0.6 is 0 Å². The predicted molar refractivity (Wildman–Crippen MR) is 118 cm³/mol. The number of carbonyl (C=O) groups excluding carboxylic acids is 1. The minimum absolute atomic E-state index is 0.0846. The zero-order valence-electron chi connectivity index (χ0n) is 18.3. The fourth-order valence-corrected chi connectivity index (χ4v) is 3.95. The van der Waals surface area contributed by atoms with Crippen LogP contribution in [0.2, 0.25) is 0 Å². The van der Waals surface area contributed by atoms with Gasteiger partial charge in [0.1, 0.15) is 12.2 Å². The SMILES string of the molecule is CC1CCN(c2ccc(C(=O)N(Cc3ccccc3[N+](=O)[O-])CC(F)(F)F)cc2[N+](=O)[O-])CC1. The molecule has 3 rings (SSSR count). The Hall–Kier alpha value is -3.70. The molecule has 0 bridgehead atoms. The number of halogens is 3. The normalized spacial score (nSPS) is 14.6. The number of alkyl halides is 3. The molecule has 12 heteroatoms. The van der Waals surface area contributed by atoms with Gasteiger partial charge in [-0.2, -0.15) is 13.2 Å². The van der Waals surface area contributed by atoms with Crippen molar-refractivity contribution in [3.8, 4) is 0 Å². The zero-order chi connectivity index (χ0) is 25.0. The molecule has 1 aliphatic rings. The number of amides is 1. The van der Waals surface area contributed by atoms with Gasteiger partial charge in [-0.15, -0.1) is 0 Å². The maximum Gasteiger partial charge on any atom is 0.406 e. The van der Waals surface area contributed by atoms with Crippen molar-refractivity contribution in [2.24, 2.45) is 5.92 Å². The van der Waals surface area contributed by atoms with Gasteiger partial charge in [0, 0.05) is 36.3 Å². The largest absolute Gasteiger partial charge is 0.406 e. The van der Waals surface area contributed by atoms with Gasteiger partial charge in [-0.05, 0) is 30.9 Å². The van der Waals surface area contributed by atoms with Gasteiger partial charge < -0.3 is 9.80 Å². The molecule has 1 heterocycles. The first-order valence-electron chi connectivity index (χ1n) is 10.6. The minimum atomic E-state index is -4.78. The summed E-state index contributed by atoms with van der Waals surface area (Å²) in [7, 11) is 0. The van der Waals surface area contributed by atoms with E-state index >= 15 is 0 Å². The number of hydrogen-bond donors (Lipinski definition) is 0. The molecule has 182 valence electrons. The minimum Gasteiger partial charge on any atom is -0.366 e. The van der Waals surface area contributed by atoms with Gasteiger partial charge >= 0.3 is 6.18 Å². The van der Waals surface area contributed by atoms with E-state index in [1.54, 1.807) is 0 Å². The van der Waals surface area contributed by atoms with Crippen LogP contribution in [-0.2, 0) is 6.54 Å². The maximum atomic E-state index is 13.2. The summed E-state index contributed by atoms with van der Waals surface area (Å²) in [6.07, 6.45) is -3.10. The second-order valence-corrected chi connectivity index (χ2v) is 8.29.